The molecule has 1 saturated heterocycles. The molecular weight excluding hydrogens is 425 g/mol. The van der Waals surface area contributed by atoms with Gasteiger partial charge in [0.25, 0.3) is 0 Å². The van der Waals surface area contributed by atoms with Crippen molar-refractivity contribution in [1.29, 1.82) is 0 Å². The van der Waals surface area contributed by atoms with Crippen molar-refractivity contribution >= 4 is 17.7 Å². The Kier molecular flexibility index (Phi) is 7.66. The van der Waals surface area contributed by atoms with Crippen LogP contribution in [0.4, 0.5) is 19.0 Å². The maximum absolute atomic E-state index is 13.3. The number of alkyl halides is 3. The van der Waals surface area contributed by atoms with E-state index >= 15 is 0 Å². The van der Waals surface area contributed by atoms with Gasteiger partial charge >= 0.3 is 12.1 Å². The van der Waals surface area contributed by atoms with Gasteiger partial charge in [-0.3, -0.25) is 14.6 Å². The van der Waals surface area contributed by atoms with Crippen molar-refractivity contribution < 1.29 is 27.5 Å². The van der Waals surface area contributed by atoms with Crippen LogP contribution in [0.5, 0.6) is 0 Å². The second-order valence-electron chi connectivity index (χ2n) is 7.54. The third-order valence-corrected chi connectivity index (χ3v) is 5.24. The standard InChI is InChI=1S/C22H25F3N4O3/c1-2-32-20(30)15-29(13-16-5-7-18(8-6-16)22(23,24)25)21(31)17-4-3-11-28(14-17)19-12-26-9-10-27-19/h5-10,12,17H,2-4,11,13-15H2,1H3. The molecular formula is C22H25F3N4O3. The number of halogens is 3. The number of ether oxygens (including phenoxy) is 1. The van der Waals surface area contributed by atoms with Crippen molar-refractivity contribution in [2.75, 3.05) is 31.1 Å². The normalized spacial score (nSPS) is 16.5. The Morgan fingerprint density at radius 2 is 1.97 bits per heavy atom. The van der Waals surface area contributed by atoms with Crippen molar-refractivity contribution in [3.05, 3.63) is 54.0 Å². The van der Waals surface area contributed by atoms with Crippen LogP contribution in [0.1, 0.15) is 30.9 Å². The topological polar surface area (TPSA) is 75.6 Å². The van der Waals surface area contributed by atoms with Crippen molar-refractivity contribution in [2.45, 2.75) is 32.5 Å². The van der Waals surface area contributed by atoms with E-state index in [4.69, 9.17) is 4.74 Å². The van der Waals surface area contributed by atoms with E-state index in [1.165, 1.54) is 17.0 Å². The molecule has 7 nitrogen and oxygen atoms in total. The van der Waals surface area contributed by atoms with Gasteiger partial charge in [0.15, 0.2) is 0 Å². The Balaban J connectivity index is 1.75. The largest absolute Gasteiger partial charge is 0.465 e. The fourth-order valence-electron chi connectivity index (χ4n) is 3.69. The number of benzene rings is 1. The summed E-state index contributed by atoms with van der Waals surface area (Å²) in [4.78, 5) is 37.1. The minimum Gasteiger partial charge on any atom is -0.465 e. The molecule has 1 amide bonds. The number of nitrogens with zero attached hydrogens (tertiary/aromatic N) is 4. The van der Waals surface area contributed by atoms with Gasteiger partial charge in [-0.25, -0.2) is 4.98 Å². The number of esters is 1. The molecule has 172 valence electrons. The first kappa shape index (κ1) is 23.5. The molecule has 1 aliphatic rings. The first-order valence-corrected chi connectivity index (χ1v) is 10.4. The number of anilines is 1. The van der Waals surface area contributed by atoms with Gasteiger partial charge in [-0.05, 0) is 37.5 Å². The van der Waals surface area contributed by atoms with Crippen LogP contribution in [-0.2, 0) is 27.0 Å². The van der Waals surface area contributed by atoms with Gasteiger partial charge in [0.1, 0.15) is 12.4 Å². The molecule has 0 saturated carbocycles. The Morgan fingerprint density at radius 1 is 1.22 bits per heavy atom. The number of aromatic nitrogens is 2. The molecule has 32 heavy (non-hydrogen) atoms. The Morgan fingerprint density at radius 3 is 2.59 bits per heavy atom. The summed E-state index contributed by atoms with van der Waals surface area (Å²) >= 11 is 0. The Hall–Kier alpha value is -3.17. The molecule has 1 aromatic heterocycles. The zero-order chi connectivity index (χ0) is 23.1. The molecule has 0 bridgehead atoms. The molecule has 0 radical (unpaired) electrons. The van der Waals surface area contributed by atoms with E-state index in [0.29, 0.717) is 24.3 Å². The number of amides is 1. The summed E-state index contributed by atoms with van der Waals surface area (Å²) in [6, 6.07) is 4.58. The molecule has 10 heteroatoms. The van der Waals surface area contributed by atoms with E-state index in [9.17, 15) is 22.8 Å². The van der Waals surface area contributed by atoms with Gasteiger partial charge in [0.2, 0.25) is 5.91 Å². The number of hydrogen-bond donors (Lipinski definition) is 0. The third kappa shape index (κ3) is 6.18. The van der Waals surface area contributed by atoms with Crippen LogP contribution < -0.4 is 4.90 Å². The third-order valence-electron chi connectivity index (χ3n) is 5.24. The highest BCUT2D eigenvalue weighted by Gasteiger charge is 2.32. The predicted molar refractivity (Wildman–Crippen MR) is 110 cm³/mol. The summed E-state index contributed by atoms with van der Waals surface area (Å²) in [5.41, 5.74) is -0.270. The lowest BCUT2D eigenvalue weighted by molar-refractivity contribution is -0.150. The zero-order valence-electron chi connectivity index (χ0n) is 17.7. The summed E-state index contributed by atoms with van der Waals surface area (Å²) in [5.74, 6) is -0.514. The lowest BCUT2D eigenvalue weighted by atomic mass is 9.96. The van der Waals surface area contributed by atoms with Crippen LogP contribution in [0.3, 0.4) is 0 Å². The van der Waals surface area contributed by atoms with Gasteiger partial charge < -0.3 is 14.5 Å². The monoisotopic (exact) mass is 450 g/mol. The van der Waals surface area contributed by atoms with E-state index in [-0.39, 0.29) is 31.5 Å². The maximum Gasteiger partial charge on any atom is 0.416 e. The highest BCUT2D eigenvalue weighted by atomic mass is 19.4. The molecule has 1 aromatic carbocycles. The Bertz CT molecular complexity index is 907. The lowest BCUT2D eigenvalue weighted by Gasteiger charge is -2.35. The van der Waals surface area contributed by atoms with Gasteiger partial charge in [0, 0.05) is 32.0 Å². The smallest absolute Gasteiger partial charge is 0.416 e. The number of piperidine rings is 1. The SMILES string of the molecule is CCOC(=O)CN(Cc1ccc(C(F)(F)F)cc1)C(=O)C1CCCN(c2cnccn2)C1. The van der Waals surface area contributed by atoms with E-state index in [0.717, 1.165) is 25.1 Å². The van der Waals surface area contributed by atoms with E-state index in [1.54, 1.807) is 25.5 Å². The second-order valence-corrected chi connectivity index (χ2v) is 7.54. The molecule has 1 aliphatic heterocycles. The summed E-state index contributed by atoms with van der Waals surface area (Å²) in [5, 5.41) is 0. The molecule has 1 unspecified atom stereocenters. The lowest BCUT2D eigenvalue weighted by Crippen LogP contribution is -2.46. The van der Waals surface area contributed by atoms with Gasteiger partial charge in [-0.2, -0.15) is 13.2 Å². The summed E-state index contributed by atoms with van der Waals surface area (Å²) in [7, 11) is 0. The molecule has 0 spiro atoms. The quantitative estimate of drug-likeness (QED) is 0.603. The fourth-order valence-corrected chi connectivity index (χ4v) is 3.69. The minimum atomic E-state index is -4.44. The minimum absolute atomic E-state index is 0.0113. The van der Waals surface area contributed by atoms with Crippen LogP contribution in [0.15, 0.2) is 42.9 Å². The number of hydrogen-bond acceptors (Lipinski definition) is 6. The van der Waals surface area contributed by atoms with Crippen LogP contribution >= 0.6 is 0 Å². The fraction of sp³-hybridized carbons (Fsp3) is 0.455. The summed E-state index contributed by atoms with van der Waals surface area (Å²) < 4.78 is 43.5. The van der Waals surface area contributed by atoms with Crippen molar-refractivity contribution in [3.63, 3.8) is 0 Å². The first-order chi connectivity index (χ1) is 15.3. The number of carbonyl (C=O) groups excluding carboxylic acids is 2. The first-order valence-electron chi connectivity index (χ1n) is 10.4. The molecule has 0 N–H and O–H groups in total. The average molecular weight is 450 g/mol. The highest BCUT2D eigenvalue weighted by molar-refractivity contribution is 5.84. The summed E-state index contributed by atoms with van der Waals surface area (Å²) in [6.45, 7) is 2.74. The molecule has 1 atom stereocenters. The zero-order valence-corrected chi connectivity index (χ0v) is 17.7. The summed E-state index contributed by atoms with van der Waals surface area (Å²) in [6.07, 6.45) is 1.75. The van der Waals surface area contributed by atoms with Crippen LogP contribution in [0, 0.1) is 5.92 Å². The van der Waals surface area contributed by atoms with Gasteiger partial charge in [0.05, 0.1) is 24.3 Å². The van der Waals surface area contributed by atoms with Crippen molar-refractivity contribution in [3.8, 4) is 0 Å². The predicted octanol–water partition coefficient (Wildman–Crippen LogP) is 3.30. The van der Waals surface area contributed by atoms with Gasteiger partial charge in [-0.1, -0.05) is 12.1 Å². The van der Waals surface area contributed by atoms with Crippen LogP contribution in [0.25, 0.3) is 0 Å². The van der Waals surface area contributed by atoms with E-state index in [1.807, 2.05) is 4.90 Å². The van der Waals surface area contributed by atoms with E-state index in [2.05, 4.69) is 9.97 Å². The molecule has 3 rings (SSSR count). The maximum atomic E-state index is 13.3. The molecule has 1 fully saturated rings. The van der Waals surface area contributed by atoms with E-state index < -0.39 is 17.7 Å². The average Bonchev–Trinajstić information content (AvgIpc) is 2.79. The molecule has 2 heterocycles. The van der Waals surface area contributed by atoms with Crippen molar-refractivity contribution in [2.24, 2.45) is 5.92 Å². The van der Waals surface area contributed by atoms with Crippen LogP contribution in [0.2, 0.25) is 0 Å². The second kappa shape index (κ2) is 10.4. The van der Waals surface area contributed by atoms with Crippen LogP contribution in [-0.4, -0.2) is 53.0 Å². The van der Waals surface area contributed by atoms with Crippen molar-refractivity contribution in [1.82, 2.24) is 14.9 Å². The molecule has 2 aromatic rings. The highest BCUT2D eigenvalue weighted by Crippen LogP contribution is 2.29. The number of carbonyl (C=O) groups is 2. The van der Waals surface area contributed by atoms with Gasteiger partial charge in [-0.15, -0.1) is 0 Å². The number of rotatable bonds is 7. The Labute approximate surface area is 184 Å². The molecule has 0 aliphatic carbocycles.